The van der Waals surface area contributed by atoms with Crippen LogP contribution in [0.2, 0.25) is 5.02 Å². The molecule has 4 heterocycles. The lowest BCUT2D eigenvalue weighted by Gasteiger charge is -2.22. The minimum Gasteiger partial charge on any atom is -0.467 e. The molecule has 174 valence electrons. The molecule has 0 aliphatic carbocycles. The molecule has 6 rings (SSSR count). The molecule has 0 spiro atoms. The molecule has 0 saturated heterocycles. The Bertz CT molecular complexity index is 1390. The lowest BCUT2D eigenvalue weighted by molar-refractivity contribution is -0.0168. The summed E-state index contributed by atoms with van der Waals surface area (Å²) in [6.07, 6.45) is 4.08. The molecule has 0 saturated carbocycles. The first-order valence-corrected chi connectivity index (χ1v) is 12.8. The van der Waals surface area contributed by atoms with Crippen molar-refractivity contribution in [3.05, 3.63) is 74.7 Å². The number of thioether (sulfide) groups is 1. The maximum absolute atomic E-state index is 13.4. The lowest BCUT2D eigenvalue weighted by atomic mass is 10.1. The Balaban J connectivity index is 1.43. The molecule has 0 aromatic heterocycles. The molecule has 0 amide bonds. The third kappa shape index (κ3) is 3.89. The van der Waals surface area contributed by atoms with E-state index >= 15 is 0 Å². The summed E-state index contributed by atoms with van der Waals surface area (Å²) in [5.41, 5.74) is 4.29. The van der Waals surface area contributed by atoms with Gasteiger partial charge in [0.25, 0.3) is 5.56 Å². The maximum Gasteiger partial charge on any atom is 0.284 e. The van der Waals surface area contributed by atoms with E-state index in [1.165, 1.54) is 4.68 Å². The van der Waals surface area contributed by atoms with E-state index in [0.717, 1.165) is 65.6 Å². The van der Waals surface area contributed by atoms with Crippen LogP contribution >= 0.6 is 23.4 Å². The minimum atomic E-state index is -0.104. The quantitative estimate of drug-likeness (QED) is 0.291. The van der Waals surface area contributed by atoms with Gasteiger partial charge >= 0.3 is 0 Å². The van der Waals surface area contributed by atoms with Gasteiger partial charge in [-0.1, -0.05) is 48.0 Å². The van der Waals surface area contributed by atoms with Crippen molar-refractivity contribution in [2.45, 2.75) is 49.7 Å². The third-order valence-corrected chi connectivity index (χ3v) is 7.52. The number of aromatic nitrogens is 4. The van der Waals surface area contributed by atoms with E-state index in [9.17, 15) is 4.79 Å². The van der Waals surface area contributed by atoms with Crippen molar-refractivity contribution in [2.24, 2.45) is 0 Å². The molecule has 0 bridgehead atoms. The minimum absolute atomic E-state index is 0.104. The van der Waals surface area contributed by atoms with Gasteiger partial charge in [0, 0.05) is 34.1 Å². The monoisotopic (exact) mass is 494 g/mol. The van der Waals surface area contributed by atoms with Crippen molar-refractivity contribution < 1.29 is 9.47 Å². The van der Waals surface area contributed by atoms with Crippen molar-refractivity contribution in [3.8, 4) is 22.8 Å². The van der Waals surface area contributed by atoms with Gasteiger partial charge in [-0.2, -0.15) is 4.68 Å². The van der Waals surface area contributed by atoms with Gasteiger partial charge < -0.3 is 14.0 Å². The second kappa shape index (κ2) is 9.09. The predicted molar refractivity (Wildman–Crippen MR) is 131 cm³/mol. The summed E-state index contributed by atoms with van der Waals surface area (Å²) in [7, 11) is 0. The highest BCUT2D eigenvalue weighted by molar-refractivity contribution is 7.98. The van der Waals surface area contributed by atoms with Crippen LogP contribution in [-0.4, -0.2) is 26.1 Å². The number of ether oxygens (including phenoxy) is 2. The number of para-hydroxylation sites is 1. The molecular formula is C25H23ClN4O3S. The Morgan fingerprint density at radius 1 is 1.12 bits per heavy atom. The van der Waals surface area contributed by atoms with E-state index in [1.807, 2.05) is 42.5 Å². The molecule has 0 atom stereocenters. The molecule has 9 heteroatoms. The van der Waals surface area contributed by atoms with Crippen LogP contribution < -0.4 is 10.3 Å². The average Bonchev–Trinajstić information content (AvgIpc) is 3.02. The second-order valence-corrected chi connectivity index (χ2v) is 9.89. The molecular weight excluding hydrogens is 472 g/mol. The number of fused-ring (bicyclic) bond motifs is 4. The van der Waals surface area contributed by atoms with E-state index in [4.69, 9.17) is 26.1 Å². The summed E-state index contributed by atoms with van der Waals surface area (Å²) in [6, 6.07) is 13.4. The smallest absolute Gasteiger partial charge is 0.284 e. The summed E-state index contributed by atoms with van der Waals surface area (Å²) < 4.78 is 14.9. The summed E-state index contributed by atoms with van der Waals surface area (Å²) in [5.74, 6) is 1.99. The van der Waals surface area contributed by atoms with Gasteiger partial charge in [0.2, 0.25) is 0 Å². The van der Waals surface area contributed by atoms with Gasteiger partial charge in [0.1, 0.15) is 11.3 Å². The molecule has 7 nitrogen and oxygen atoms in total. The van der Waals surface area contributed by atoms with Crippen LogP contribution in [0.25, 0.3) is 17.1 Å². The highest BCUT2D eigenvalue weighted by Gasteiger charge is 2.27. The largest absolute Gasteiger partial charge is 0.467 e. The molecule has 4 aliphatic rings. The molecule has 0 radical (unpaired) electrons. The van der Waals surface area contributed by atoms with Gasteiger partial charge in [-0.3, -0.25) is 4.79 Å². The van der Waals surface area contributed by atoms with E-state index in [2.05, 4.69) is 9.67 Å². The van der Waals surface area contributed by atoms with Crippen LogP contribution in [-0.2, 0) is 30.1 Å². The number of halogens is 1. The fourth-order valence-electron chi connectivity index (χ4n) is 4.71. The number of hydrogen-bond donors (Lipinski definition) is 0. The second-order valence-electron chi connectivity index (χ2n) is 8.51. The highest BCUT2D eigenvalue weighted by Crippen LogP contribution is 2.37. The topological polar surface area (TPSA) is 71.2 Å². The molecule has 0 unspecified atom stereocenters. The van der Waals surface area contributed by atoms with Gasteiger partial charge in [0.15, 0.2) is 17.8 Å². The Labute approximate surface area is 206 Å². The Morgan fingerprint density at radius 3 is 2.88 bits per heavy atom. The fourth-order valence-corrected chi connectivity index (χ4v) is 5.98. The standard InChI is InChI=1S/C25H23ClN4O3S/c26-18-11-16-13-32-15-33-22(16)17(12-18)14-34-25-27-23-21(20-9-5-2-6-10-29(20)25)24(31)30(28-23)19-7-3-1-4-8-19/h1,3-4,7-8,11-12H,2,5-6,9-10,13-15H2. The van der Waals surface area contributed by atoms with Crippen molar-refractivity contribution >= 4 is 23.4 Å². The Morgan fingerprint density at radius 2 is 2.00 bits per heavy atom. The summed E-state index contributed by atoms with van der Waals surface area (Å²) in [4.78, 5) is 18.3. The fraction of sp³-hybridized carbons (Fsp3) is 0.320. The van der Waals surface area contributed by atoms with Crippen LogP contribution in [0.4, 0.5) is 0 Å². The SMILES string of the molecule is O=c1c2c3n(c(SCc4cc(Cl)cc5c4OCOC5)nc-2nn1-c1ccccc1)CCCCC3. The molecule has 0 N–H and O–H groups in total. The molecule has 34 heavy (non-hydrogen) atoms. The molecule has 4 aliphatic heterocycles. The van der Waals surface area contributed by atoms with Crippen molar-refractivity contribution in [1.29, 1.82) is 0 Å². The number of benzene rings is 2. The summed E-state index contributed by atoms with van der Waals surface area (Å²) in [6.45, 7) is 1.57. The maximum atomic E-state index is 13.4. The van der Waals surface area contributed by atoms with E-state index in [-0.39, 0.29) is 12.4 Å². The van der Waals surface area contributed by atoms with Gasteiger partial charge in [-0.05, 0) is 43.5 Å². The normalized spacial score (nSPS) is 15.4. The van der Waals surface area contributed by atoms with Crippen LogP contribution in [0.15, 0.2) is 52.4 Å². The first-order chi connectivity index (χ1) is 16.7. The van der Waals surface area contributed by atoms with E-state index < -0.39 is 0 Å². The van der Waals surface area contributed by atoms with Crippen molar-refractivity contribution in [2.75, 3.05) is 6.79 Å². The number of hydrogen-bond acceptors (Lipinski definition) is 6. The number of rotatable bonds is 4. The molecule has 2 aromatic carbocycles. The first-order valence-electron chi connectivity index (χ1n) is 11.4. The highest BCUT2D eigenvalue weighted by atomic mass is 35.5. The van der Waals surface area contributed by atoms with Crippen LogP contribution in [0.1, 0.15) is 36.1 Å². The van der Waals surface area contributed by atoms with Gasteiger partial charge in [-0.25, -0.2) is 4.98 Å². The average molecular weight is 495 g/mol. The number of nitrogens with zero attached hydrogens (tertiary/aromatic N) is 4. The Kier molecular flexibility index (Phi) is 5.80. The zero-order valence-corrected chi connectivity index (χ0v) is 20.1. The van der Waals surface area contributed by atoms with Crippen LogP contribution in [0.3, 0.4) is 0 Å². The zero-order valence-electron chi connectivity index (χ0n) is 18.5. The zero-order chi connectivity index (χ0) is 23.1. The van der Waals surface area contributed by atoms with Crippen molar-refractivity contribution in [1.82, 2.24) is 19.3 Å². The van der Waals surface area contributed by atoms with Crippen molar-refractivity contribution in [3.63, 3.8) is 0 Å². The molecule has 0 fully saturated rings. The Hall–Kier alpha value is -2.81. The summed E-state index contributed by atoms with van der Waals surface area (Å²) in [5, 5.41) is 6.15. The third-order valence-electron chi connectivity index (χ3n) is 6.28. The van der Waals surface area contributed by atoms with Gasteiger partial charge in [-0.15, -0.1) is 5.10 Å². The van der Waals surface area contributed by atoms with E-state index in [0.29, 0.717) is 28.8 Å². The predicted octanol–water partition coefficient (Wildman–Crippen LogP) is 5.07. The lowest BCUT2D eigenvalue weighted by Crippen LogP contribution is -2.19. The van der Waals surface area contributed by atoms with Crippen LogP contribution in [0.5, 0.6) is 5.75 Å². The summed E-state index contributed by atoms with van der Waals surface area (Å²) >= 11 is 7.99. The first kappa shape index (κ1) is 21.7. The van der Waals surface area contributed by atoms with Crippen LogP contribution in [0, 0.1) is 0 Å². The van der Waals surface area contributed by atoms with E-state index in [1.54, 1.807) is 11.8 Å². The van der Waals surface area contributed by atoms with Gasteiger partial charge in [0.05, 0.1) is 12.3 Å². The molecule has 2 aromatic rings.